The van der Waals surface area contributed by atoms with Gasteiger partial charge in [-0.3, -0.25) is 0 Å². The van der Waals surface area contributed by atoms with E-state index in [-0.39, 0.29) is 12.5 Å². The van der Waals surface area contributed by atoms with Gasteiger partial charge >= 0.3 is 0 Å². The summed E-state index contributed by atoms with van der Waals surface area (Å²) in [6, 6.07) is 21.5. The summed E-state index contributed by atoms with van der Waals surface area (Å²) in [6.45, 7) is 2.12. The summed E-state index contributed by atoms with van der Waals surface area (Å²) in [6.07, 6.45) is 1.46. The molecule has 0 amide bonds. The largest absolute Gasteiger partial charge is 0.491 e. The van der Waals surface area contributed by atoms with Gasteiger partial charge in [0.2, 0.25) is 0 Å². The quantitative estimate of drug-likeness (QED) is 0.422. The fraction of sp³-hybridized carbons (Fsp3) is 0.379. The highest BCUT2D eigenvalue weighted by molar-refractivity contribution is 5.76. The van der Waals surface area contributed by atoms with Crippen molar-refractivity contribution in [2.24, 2.45) is 0 Å². The topological polar surface area (TPSA) is 57.2 Å². The molecule has 0 aliphatic heterocycles. The Morgan fingerprint density at radius 2 is 1.29 bits per heavy atom. The maximum atomic E-state index is 9.92. The first-order valence-electron chi connectivity index (χ1n) is 12.0. The maximum Gasteiger partial charge on any atom is 0.124 e. The Kier molecular flexibility index (Phi) is 6.59. The van der Waals surface area contributed by atoms with Gasteiger partial charge in [0.25, 0.3) is 0 Å². The van der Waals surface area contributed by atoms with E-state index in [1.165, 1.54) is 27.8 Å². The Balaban J connectivity index is 1.80. The molecule has 3 aromatic rings. The predicted octanol–water partition coefficient (Wildman–Crippen LogP) is 4.65. The monoisotopic (exact) mass is 460 g/mol. The molecule has 3 aromatic carbocycles. The van der Waals surface area contributed by atoms with Gasteiger partial charge in [0.05, 0.1) is 13.2 Å². The Morgan fingerprint density at radius 3 is 1.88 bits per heavy atom. The maximum absolute atomic E-state index is 9.92. The van der Waals surface area contributed by atoms with Crippen molar-refractivity contribution >= 4 is 0 Å². The van der Waals surface area contributed by atoms with E-state index in [2.05, 4.69) is 48.5 Å². The highest BCUT2D eigenvalue weighted by Crippen LogP contribution is 2.64. The molecule has 0 fully saturated rings. The van der Waals surface area contributed by atoms with Crippen molar-refractivity contribution < 1.29 is 24.1 Å². The van der Waals surface area contributed by atoms with Gasteiger partial charge in [0.1, 0.15) is 24.7 Å². The number of aliphatic hydroxyl groups excluding tert-OH is 1. The van der Waals surface area contributed by atoms with Crippen LogP contribution in [0, 0.1) is 0 Å². The van der Waals surface area contributed by atoms with Gasteiger partial charge in [0.15, 0.2) is 0 Å². The van der Waals surface area contributed by atoms with Crippen molar-refractivity contribution in [1.29, 1.82) is 0 Å². The summed E-state index contributed by atoms with van der Waals surface area (Å²) < 4.78 is 23.2. The van der Waals surface area contributed by atoms with E-state index in [1.807, 2.05) is 12.1 Å². The molecule has 0 unspecified atom stereocenters. The summed E-state index contributed by atoms with van der Waals surface area (Å²) in [7, 11) is 3.37. The number of aliphatic hydroxyl groups is 1. The lowest BCUT2D eigenvalue weighted by Gasteiger charge is -2.51. The Hall–Kier alpha value is -2.86. The zero-order chi connectivity index (χ0) is 23.5. The third kappa shape index (κ3) is 3.50. The molecule has 0 saturated carbocycles. The molecular formula is C29H32O5. The van der Waals surface area contributed by atoms with E-state index in [4.69, 9.17) is 18.9 Å². The van der Waals surface area contributed by atoms with Gasteiger partial charge < -0.3 is 24.1 Å². The minimum Gasteiger partial charge on any atom is -0.491 e. The molecule has 1 N–H and O–H groups in total. The first kappa shape index (κ1) is 22.9. The molecule has 0 saturated heterocycles. The molecule has 5 nitrogen and oxygen atoms in total. The second-order valence-corrected chi connectivity index (χ2v) is 8.87. The van der Waals surface area contributed by atoms with Crippen LogP contribution in [0.5, 0.6) is 11.5 Å². The van der Waals surface area contributed by atoms with E-state index in [0.717, 1.165) is 23.5 Å². The normalized spacial score (nSPS) is 19.3. The highest BCUT2D eigenvalue weighted by Gasteiger charge is 2.53. The van der Waals surface area contributed by atoms with Crippen LogP contribution < -0.4 is 9.47 Å². The molecular weight excluding hydrogens is 428 g/mol. The van der Waals surface area contributed by atoms with E-state index < -0.39 is 5.41 Å². The van der Waals surface area contributed by atoms with Crippen LogP contribution >= 0.6 is 0 Å². The average molecular weight is 461 g/mol. The molecule has 34 heavy (non-hydrogen) atoms. The highest BCUT2D eigenvalue weighted by atomic mass is 16.5. The third-order valence-corrected chi connectivity index (χ3v) is 7.15. The van der Waals surface area contributed by atoms with Gasteiger partial charge in [0, 0.05) is 43.3 Å². The lowest BCUT2D eigenvalue weighted by atomic mass is 9.51. The second kappa shape index (κ2) is 9.79. The van der Waals surface area contributed by atoms with Crippen molar-refractivity contribution in [3.05, 3.63) is 94.0 Å². The van der Waals surface area contributed by atoms with E-state index >= 15 is 0 Å². The molecule has 3 aliphatic carbocycles. The number of benzene rings is 3. The fourth-order valence-corrected chi connectivity index (χ4v) is 5.93. The molecule has 0 spiro atoms. The average Bonchev–Trinajstić information content (AvgIpc) is 2.88. The molecule has 0 heterocycles. The number of hydrogen-bond donors (Lipinski definition) is 1. The van der Waals surface area contributed by atoms with Crippen LogP contribution in [0.15, 0.2) is 60.7 Å². The van der Waals surface area contributed by atoms with Crippen molar-refractivity contribution in [3.63, 3.8) is 0 Å². The molecule has 178 valence electrons. The summed E-state index contributed by atoms with van der Waals surface area (Å²) in [5.41, 5.74) is 7.10. The summed E-state index contributed by atoms with van der Waals surface area (Å²) in [5, 5.41) is 9.92. The minimum absolute atomic E-state index is 0.0573. The molecule has 2 bridgehead atoms. The van der Waals surface area contributed by atoms with Crippen LogP contribution in [0.3, 0.4) is 0 Å². The van der Waals surface area contributed by atoms with Crippen molar-refractivity contribution in [1.82, 2.24) is 0 Å². The molecule has 3 aliphatic rings. The van der Waals surface area contributed by atoms with E-state index in [0.29, 0.717) is 32.8 Å². The number of rotatable bonds is 11. The van der Waals surface area contributed by atoms with Gasteiger partial charge in [-0.2, -0.15) is 0 Å². The van der Waals surface area contributed by atoms with Crippen LogP contribution in [0.1, 0.15) is 52.1 Å². The third-order valence-electron chi connectivity index (χ3n) is 7.15. The van der Waals surface area contributed by atoms with Gasteiger partial charge in [-0.25, -0.2) is 0 Å². The van der Waals surface area contributed by atoms with Crippen molar-refractivity contribution in [3.8, 4) is 11.5 Å². The summed E-state index contributed by atoms with van der Waals surface area (Å²) in [4.78, 5) is 0. The van der Waals surface area contributed by atoms with Gasteiger partial charge in [-0.15, -0.1) is 0 Å². The lowest BCUT2D eigenvalue weighted by molar-refractivity contribution is 0.142. The van der Waals surface area contributed by atoms with Crippen molar-refractivity contribution in [2.45, 2.75) is 24.2 Å². The standard InChI is InChI=1S/C29H32O5/c1-31-16-18-33-24-12-13-25(34-19-17-32-2)28-27(24)26-20-8-3-5-10-22(20)29(28,14-7-15-30)23-11-6-4-9-21(23)26/h3-6,8-13,26,30H,7,14-19H2,1-2H3. The zero-order valence-corrected chi connectivity index (χ0v) is 19.9. The molecule has 6 rings (SSSR count). The SMILES string of the molecule is COCCOc1ccc(OCCOC)c2c1C1c3ccccc3C2(CCCO)c2ccccc21. The smallest absolute Gasteiger partial charge is 0.124 e. The number of methoxy groups -OCH3 is 2. The fourth-order valence-electron chi connectivity index (χ4n) is 5.93. The van der Waals surface area contributed by atoms with Gasteiger partial charge in [-0.05, 0) is 47.2 Å². The molecule has 0 atom stereocenters. The van der Waals surface area contributed by atoms with Gasteiger partial charge in [-0.1, -0.05) is 48.5 Å². The Morgan fingerprint density at radius 1 is 0.735 bits per heavy atom. The number of ether oxygens (including phenoxy) is 4. The van der Waals surface area contributed by atoms with Crippen LogP contribution in [0.25, 0.3) is 0 Å². The second-order valence-electron chi connectivity index (χ2n) is 8.87. The lowest BCUT2D eigenvalue weighted by Crippen LogP contribution is -2.43. The van der Waals surface area contributed by atoms with Crippen LogP contribution in [0.4, 0.5) is 0 Å². The van der Waals surface area contributed by atoms with Crippen molar-refractivity contribution in [2.75, 3.05) is 47.3 Å². The number of hydrogen-bond acceptors (Lipinski definition) is 5. The molecule has 0 aromatic heterocycles. The Labute approximate surface area is 201 Å². The first-order chi connectivity index (χ1) is 16.8. The van der Waals surface area contributed by atoms with Crippen LogP contribution in [-0.4, -0.2) is 52.4 Å². The molecule has 5 heteroatoms. The summed E-state index contributed by atoms with van der Waals surface area (Å²) in [5.74, 6) is 1.79. The van der Waals surface area contributed by atoms with Crippen LogP contribution in [-0.2, 0) is 14.9 Å². The molecule has 0 radical (unpaired) electrons. The van der Waals surface area contributed by atoms with E-state index in [1.54, 1.807) is 14.2 Å². The predicted molar refractivity (Wildman–Crippen MR) is 131 cm³/mol. The zero-order valence-electron chi connectivity index (χ0n) is 19.9. The van der Waals surface area contributed by atoms with E-state index in [9.17, 15) is 5.11 Å². The minimum atomic E-state index is -0.428. The summed E-state index contributed by atoms with van der Waals surface area (Å²) >= 11 is 0. The first-order valence-corrected chi connectivity index (χ1v) is 12.0. The Bertz CT molecular complexity index is 1110. The van der Waals surface area contributed by atoms with Crippen LogP contribution in [0.2, 0.25) is 0 Å².